The molecule has 0 spiro atoms. The summed E-state index contributed by atoms with van der Waals surface area (Å²) in [6.07, 6.45) is 4.33. The molecule has 0 aliphatic heterocycles. The van der Waals surface area contributed by atoms with Gasteiger partial charge in [-0.3, -0.25) is 9.59 Å². The fourth-order valence-corrected chi connectivity index (χ4v) is 4.48. The smallest absolute Gasteiger partial charge is 0.412 e. The molecule has 1 aliphatic rings. The first kappa shape index (κ1) is 26.9. The quantitative estimate of drug-likeness (QED) is 0.314. The van der Waals surface area contributed by atoms with Crippen molar-refractivity contribution in [2.75, 3.05) is 6.54 Å². The van der Waals surface area contributed by atoms with Gasteiger partial charge in [-0.15, -0.1) is 0 Å². The summed E-state index contributed by atoms with van der Waals surface area (Å²) in [5.74, 6) is -0.725. The highest BCUT2D eigenvalue weighted by Crippen LogP contribution is 2.40. The average molecular weight is 422 g/mol. The number of carbonyl (C=O) groups is 2. The van der Waals surface area contributed by atoms with E-state index in [1.807, 2.05) is 13.8 Å². The third-order valence-corrected chi connectivity index (χ3v) is 6.48. The Kier molecular flexibility index (Phi) is 12.6. The first-order chi connectivity index (χ1) is 12.6. The standard InChI is InChI=1S/C18H34N3O5P.H2O/c1-11(2)16(19)18(24)21-12(3)17(23)20-10-14(22)9-15(27(25)26)13-7-5-4-6-8-13;/h11-16,22H,4-10,19H2,1-3H3,(H2-,20,21,23,24,25,26);1H2/p+1/t12-,14-,15?,16+;/m1./s1. The fraction of sp³-hybridized carbons (Fsp3) is 0.889. The van der Waals surface area contributed by atoms with Crippen LogP contribution in [0.5, 0.6) is 0 Å². The van der Waals surface area contributed by atoms with Crippen molar-refractivity contribution in [1.82, 2.24) is 10.6 Å². The third-order valence-electron chi connectivity index (χ3n) is 5.28. The molecule has 0 radical (unpaired) electrons. The van der Waals surface area contributed by atoms with Crippen LogP contribution < -0.4 is 16.4 Å². The van der Waals surface area contributed by atoms with Crippen molar-refractivity contribution >= 4 is 19.8 Å². The van der Waals surface area contributed by atoms with Gasteiger partial charge in [0.25, 0.3) is 0 Å². The van der Waals surface area contributed by atoms with Crippen LogP contribution in [0.3, 0.4) is 0 Å². The number of nitrogens with one attached hydrogen (secondary N) is 2. The van der Waals surface area contributed by atoms with E-state index in [-0.39, 0.29) is 30.3 Å². The molecule has 2 unspecified atom stereocenters. The zero-order valence-corrected chi connectivity index (χ0v) is 18.0. The summed E-state index contributed by atoms with van der Waals surface area (Å²) in [6.45, 7) is 5.16. The van der Waals surface area contributed by atoms with Crippen LogP contribution in [0.25, 0.3) is 0 Å². The van der Waals surface area contributed by atoms with Crippen molar-refractivity contribution in [3.63, 3.8) is 0 Å². The molecule has 0 heterocycles. The summed E-state index contributed by atoms with van der Waals surface area (Å²) in [7, 11) is -2.38. The molecule has 1 aliphatic carbocycles. The Hall–Kier alpha value is -1.12. The van der Waals surface area contributed by atoms with Crippen LogP contribution in [0.15, 0.2) is 0 Å². The molecule has 2 amide bonds. The van der Waals surface area contributed by atoms with Crippen LogP contribution in [0, 0.1) is 11.8 Å². The molecule has 5 atom stereocenters. The molecular formula is C18H37N3O6P+. The Morgan fingerprint density at radius 1 is 1.14 bits per heavy atom. The van der Waals surface area contributed by atoms with Crippen LogP contribution >= 0.6 is 8.03 Å². The van der Waals surface area contributed by atoms with Crippen LogP contribution in [0.1, 0.15) is 59.3 Å². The monoisotopic (exact) mass is 422 g/mol. The maximum Gasteiger partial charge on any atom is 0.509 e. The van der Waals surface area contributed by atoms with Crippen molar-refractivity contribution in [2.45, 2.75) is 83.1 Å². The third kappa shape index (κ3) is 8.92. The van der Waals surface area contributed by atoms with Gasteiger partial charge in [-0.25, -0.2) is 0 Å². The lowest BCUT2D eigenvalue weighted by Crippen LogP contribution is -2.52. The van der Waals surface area contributed by atoms with Crippen LogP contribution in [-0.2, 0) is 14.2 Å². The minimum atomic E-state index is -2.38. The predicted octanol–water partition coefficient (Wildman–Crippen LogP) is 0.201. The number of aliphatic hydroxyl groups is 1. The molecule has 0 aromatic carbocycles. The molecule has 1 saturated carbocycles. The van der Waals surface area contributed by atoms with Gasteiger partial charge in [0.1, 0.15) is 6.04 Å². The Labute approximate surface area is 168 Å². The van der Waals surface area contributed by atoms with Crippen LogP contribution in [0.4, 0.5) is 0 Å². The molecule has 8 N–H and O–H groups in total. The highest BCUT2D eigenvalue weighted by Gasteiger charge is 2.39. The zero-order valence-electron chi connectivity index (χ0n) is 17.1. The summed E-state index contributed by atoms with van der Waals surface area (Å²) in [6, 6.07) is -1.47. The van der Waals surface area contributed by atoms with Crippen LogP contribution in [-0.4, -0.2) is 57.7 Å². The summed E-state index contributed by atoms with van der Waals surface area (Å²) in [5.41, 5.74) is 5.30. The molecule has 1 rings (SSSR count). The normalized spacial score (nSPS) is 19.8. The lowest BCUT2D eigenvalue weighted by atomic mass is 9.85. The molecule has 0 bridgehead atoms. The highest BCUT2D eigenvalue weighted by atomic mass is 31.1. The van der Waals surface area contributed by atoms with Gasteiger partial charge in [0.05, 0.1) is 12.1 Å². The number of aliphatic hydroxyl groups excluding tert-OH is 1. The first-order valence-corrected chi connectivity index (χ1v) is 11.1. The summed E-state index contributed by atoms with van der Waals surface area (Å²) < 4.78 is 11.7. The van der Waals surface area contributed by atoms with E-state index in [1.165, 1.54) is 0 Å². The largest absolute Gasteiger partial charge is 0.509 e. The highest BCUT2D eigenvalue weighted by molar-refractivity contribution is 7.38. The van der Waals surface area contributed by atoms with E-state index in [2.05, 4.69) is 10.6 Å². The molecule has 9 nitrogen and oxygen atoms in total. The second-order valence-corrected chi connectivity index (χ2v) is 9.17. The second-order valence-electron chi connectivity index (χ2n) is 7.90. The van der Waals surface area contributed by atoms with E-state index in [9.17, 15) is 24.2 Å². The zero-order chi connectivity index (χ0) is 20.6. The Morgan fingerprint density at radius 2 is 1.71 bits per heavy atom. The summed E-state index contributed by atoms with van der Waals surface area (Å²) in [4.78, 5) is 33.6. The minimum absolute atomic E-state index is 0. The lowest BCUT2D eigenvalue weighted by molar-refractivity contribution is -0.129. The molecule has 0 aromatic heterocycles. The fourth-order valence-electron chi connectivity index (χ4n) is 3.39. The molecule has 28 heavy (non-hydrogen) atoms. The van der Waals surface area contributed by atoms with Gasteiger partial charge in [0, 0.05) is 18.9 Å². The molecule has 0 saturated heterocycles. The van der Waals surface area contributed by atoms with Crippen molar-refractivity contribution in [2.24, 2.45) is 17.6 Å². The minimum Gasteiger partial charge on any atom is -0.412 e. The number of hydrogen-bond donors (Lipinski definition) is 5. The number of rotatable bonds is 10. The van der Waals surface area contributed by atoms with Crippen molar-refractivity contribution < 1.29 is 29.6 Å². The van der Waals surface area contributed by atoms with E-state index in [0.717, 1.165) is 32.1 Å². The Bertz CT molecular complexity index is 514. The topological polar surface area (TPSA) is 173 Å². The maximum absolute atomic E-state index is 12.1. The lowest BCUT2D eigenvalue weighted by Gasteiger charge is -2.24. The molecule has 164 valence electrons. The molecule has 1 fully saturated rings. The molecular weight excluding hydrogens is 385 g/mol. The summed E-state index contributed by atoms with van der Waals surface area (Å²) in [5, 5.41) is 15.3. The van der Waals surface area contributed by atoms with Gasteiger partial charge in [-0.1, -0.05) is 33.1 Å². The van der Waals surface area contributed by atoms with Gasteiger partial charge in [-0.2, -0.15) is 4.89 Å². The summed E-state index contributed by atoms with van der Waals surface area (Å²) >= 11 is 0. The van der Waals surface area contributed by atoms with Crippen molar-refractivity contribution in [3.05, 3.63) is 0 Å². The maximum atomic E-state index is 12.1. The molecule has 0 aromatic rings. The number of hydrogen-bond acceptors (Lipinski definition) is 5. The number of amides is 2. The van der Waals surface area contributed by atoms with E-state index in [4.69, 9.17) is 5.73 Å². The van der Waals surface area contributed by atoms with Crippen molar-refractivity contribution in [1.29, 1.82) is 0 Å². The predicted molar refractivity (Wildman–Crippen MR) is 108 cm³/mol. The van der Waals surface area contributed by atoms with Gasteiger partial charge in [-0.05, 0) is 30.2 Å². The average Bonchev–Trinajstić information content (AvgIpc) is 2.63. The van der Waals surface area contributed by atoms with E-state index in [1.54, 1.807) is 6.92 Å². The van der Waals surface area contributed by atoms with Gasteiger partial charge in [0.15, 0.2) is 5.66 Å². The van der Waals surface area contributed by atoms with E-state index < -0.39 is 43.7 Å². The Morgan fingerprint density at radius 3 is 2.21 bits per heavy atom. The SMILES string of the molecule is CC(C)[C@H](N)C(=O)N[C@H](C)C(=O)NC[C@H](O)CC(C1CCCCC1)[P+](=O)O.O. The van der Waals surface area contributed by atoms with Crippen molar-refractivity contribution in [3.8, 4) is 0 Å². The first-order valence-electron chi connectivity index (χ1n) is 9.80. The molecule has 10 heteroatoms. The van der Waals surface area contributed by atoms with Gasteiger partial charge < -0.3 is 26.9 Å². The Balaban J connectivity index is 0.00000729. The second kappa shape index (κ2) is 13.2. The number of nitrogens with two attached hydrogens (primary N) is 1. The van der Waals surface area contributed by atoms with Gasteiger partial charge >= 0.3 is 8.03 Å². The number of carbonyl (C=O) groups excluding carboxylic acids is 2. The van der Waals surface area contributed by atoms with Crippen LogP contribution in [0.2, 0.25) is 0 Å². The van der Waals surface area contributed by atoms with E-state index in [0.29, 0.717) is 0 Å². The van der Waals surface area contributed by atoms with Gasteiger partial charge in [0.2, 0.25) is 11.8 Å². The van der Waals surface area contributed by atoms with E-state index >= 15 is 0 Å².